The van der Waals surface area contributed by atoms with Crippen molar-refractivity contribution < 1.29 is 4.79 Å². The van der Waals surface area contributed by atoms with Gasteiger partial charge in [-0.15, -0.1) is 11.8 Å². The SMILES string of the molecule is CCCc1c(SC)nc2nc(C(=O)c3ccccc3)cn2c1CC. The van der Waals surface area contributed by atoms with Gasteiger partial charge in [-0.1, -0.05) is 50.6 Å². The molecule has 4 nitrogen and oxygen atoms in total. The Morgan fingerprint density at radius 3 is 2.54 bits per heavy atom. The molecular formula is C19H21N3OS. The van der Waals surface area contributed by atoms with Gasteiger partial charge in [0.05, 0.1) is 0 Å². The minimum absolute atomic E-state index is 0.0640. The molecule has 0 atom stereocenters. The maximum atomic E-state index is 12.7. The second-order valence-corrected chi connectivity index (χ2v) is 6.44. The van der Waals surface area contributed by atoms with E-state index >= 15 is 0 Å². The number of carbonyl (C=O) groups excluding carboxylic acids is 1. The van der Waals surface area contributed by atoms with Crippen molar-refractivity contribution >= 4 is 23.3 Å². The van der Waals surface area contributed by atoms with E-state index in [9.17, 15) is 4.79 Å². The highest BCUT2D eigenvalue weighted by Crippen LogP contribution is 2.25. The van der Waals surface area contributed by atoms with Crippen LogP contribution in [0.3, 0.4) is 0 Å². The second-order valence-electron chi connectivity index (χ2n) is 5.64. The highest BCUT2D eigenvalue weighted by Gasteiger charge is 2.18. The molecule has 3 rings (SSSR count). The lowest BCUT2D eigenvalue weighted by molar-refractivity contribution is 0.103. The van der Waals surface area contributed by atoms with Crippen LogP contribution in [0.15, 0.2) is 41.6 Å². The van der Waals surface area contributed by atoms with E-state index in [4.69, 9.17) is 0 Å². The van der Waals surface area contributed by atoms with Crippen molar-refractivity contribution in [3.8, 4) is 0 Å². The first-order valence-corrected chi connectivity index (χ1v) is 9.46. The Labute approximate surface area is 146 Å². The molecule has 0 aliphatic carbocycles. The van der Waals surface area contributed by atoms with Gasteiger partial charge in [-0.3, -0.25) is 9.20 Å². The van der Waals surface area contributed by atoms with E-state index in [-0.39, 0.29) is 5.78 Å². The van der Waals surface area contributed by atoms with Gasteiger partial charge < -0.3 is 0 Å². The van der Waals surface area contributed by atoms with Crippen LogP contribution in [0.25, 0.3) is 5.78 Å². The van der Waals surface area contributed by atoms with Gasteiger partial charge >= 0.3 is 0 Å². The Kier molecular flexibility index (Phi) is 5.00. The first-order valence-electron chi connectivity index (χ1n) is 8.24. The molecule has 0 aliphatic heterocycles. The highest BCUT2D eigenvalue weighted by molar-refractivity contribution is 7.98. The normalized spacial score (nSPS) is 11.1. The third kappa shape index (κ3) is 2.96. The van der Waals surface area contributed by atoms with Crippen LogP contribution < -0.4 is 0 Å². The molecule has 5 heteroatoms. The van der Waals surface area contributed by atoms with Gasteiger partial charge in [0.15, 0.2) is 0 Å². The fourth-order valence-electron chi connectivity index (χ4n) is 2.98. The van der Waals surface area contributed by atoms with Crippen molar-refractivity contribution in [1.29, 1.82) is 0 Å². The van der Waals surface area contributed by atoms with E-state index in [1.54, 1.807) is 11.8 Å². The molecule has 1 aromatic carbocycles. The Morgan fingerprint density at radius 1 is 1.17 bits per heavy atom. The molecule has 0 radical (unpaired) electrons. The lowest BCUT2D eigenvalue weighted by Gasteiger charge is -2.13. The Hall–Kier alpha value is -2.14. The van der Waals surface area contributed by atoms with E-state index in [0.717, 1.165) is 24.3 Å². The summed E-state index contributed by atoms with van der Waals surface area (Å²) in [5.74, 6) is 0.543. The lowest BCUT2D eigenvalue weighted by atomic mass is 10.1. The molecule has 0 N–H and O–H groups in total. The third-order valence-electron chi connectivity index (χ3n) is 4.08. The predicted molar refractivity (Wildman–Crippen MR) is 98.0 cm³/mol. The number of rotatable bonds is 6. The number of ketones is 1. The largest absolute Gasteiger partial charge is 0.287 e. The number of benzene rings is 1. The number of hydrogen-bond donors (Lipinski definition) is 0. The summed E-state index contributed by atoms with van der Waals surface area (Å²) in [6, 6.07) is 9.26. The molecule has 2 heterocycles. The Bertz CT molecular complexity index is 871. The fourth-order valence-corrected chi connectivity index (χ4v) is 3.61. The van der Waals surface area contributed by atoms with Crippen LogP contribution in [0, 0.1) is 0 Å². The summed E-state index contributed by atoms with van der Waals surface area (Å²) in [6.07, 6.45) is 6.81. The minimum atomic E-state index is -0.0640. The zero-order valence-corrected chi connectivity index (χ0v) is 15.1. The Morgan fingerprint density at radius 2 is 1.92 bits per heavy atom. The van der Waals surface area contributed by atoms with Crippen LogP contribution in [-0.4, -0.2) is 26.4 Å². The molecular weight excluding hydrogens is 318 g/mol. The van der Waals surface area contributed by atoms with Crippen LogP contribution >= 0.6 is 11.8 Å². The summed E-state index contributed by atoms with van der Waals surface area (Å²) in [4.78, 5) is 21.8. The van der Waals surface area contributed by atoms with Crippen molar-refractivity contribution in [3.05, 3.63) is 59.0 Å². The van der Waals surface area contributed by atoms with Gasteiger partial charge in [0, 0.05) is 23.0 Å². The molecule has 0 amide bonds. The van der Waals surface area contributed by atoms with Crippen molar-refractivity contribution in [2.75, 3.05) is 6.26 Å². The zero-order chi connectivity index (χ0) is 17.1. The standard InChI is InChI=1S/C19H21N3OS/c1-4-9-14-16(5-2)22-12-15(20-19(22)21-18(14)24-3)17(23)13-10-7-6-8-11-13/h6-8,10-12H,4-5,9H2,1-3H3. The molecule has 3 aromatic rings. The lowest BCUT2D eigenvalue weighted by Crippen LogP contribution is -2.06. The number of thioether (sulfide) groups is 1. The van der Waals surface area contributed by atoms with Gasteiger partial charge in [-0.2, -0.15) is 0 Å². The maximum Gasteiger partial charge on any atom is 0.235 e. The first kappa shape index (κ1) is 16.7. The van der Waals surface area contributed by atoms with Gasteiger partial charge in [0.2, 0.25) is 11.6 Å². The zero-order valence-electron chi connectivity index (χ0n) is 14.2. The van der Waals surface area contributed by atoms with E-state index in [0.29, 0.717) is 17.0 Å². The molecule has 124 valence electrons. The Balaban J connectivity index is 2.15. The average Bonchev–Trinajstić information content (AvgIpc) is 3.05. The second kappa shape index (κ2) is 7.18. The number of aryl methyl sites for hydroxylation is 1. The highest BCUT2D eigenvalue weighted by atomic mass is 32.2. The van der Waals surface area contributed by atoms with Crippen molar-refractivity contribution in [2.24, 2.45) is 0 Å². The van der Waals surface area contributed by atoms with Crippen molar-refractivity contribution in [2.45, 2.75) is 38.1 Å². The molecule has 0 fully saturated rings. The fraction of sp³-hybridized carbons (Fsp3) is 0.316. The van der Waals surface area contributed by atoms with Gasteiger partial charge in [0.25, 0.3) is 0 Å². The van der Waals surface area contributed by atoms with E-state index in [2.05, 4.69) is 23.8 Å². The summed E-state index contributed by atoms with van der Waals surface area (Å²) in [5.41, 5.74) is 3.57. The van der Waals surface area contributed by atoms with Crippen LogP contribution in [0.5, 0.6) is 0 Å². The summed E-state index contributed by atoms with van der Waals surface area (Å²) >= 11 is 1.64. The quantitative estimate of drug-likeness (QED) is 0.384. The molecule has 0 aliphatic rings. The number of imidazole rings is 1. The number of carbonyl (C=O) groups is 1. The molecule has 0 unspecified atom stereocenters. The van der Waals surface area contributed by atoms with Crippen LogP contribution in [0.4, 0.5) is 0 Å². The number of aromatic nitrogens is 3. The summed E-state index contributed by atoms with van der Waals surface area (Å²) < 4.78 is 1.99. The number of nitrogens with zero attached hydrogens (tertiary/aromatic N) is 3. The van der Waals surface area contributed by atoms with Gasteiger partial charge in [-0.05, 0) is 19.1 Å². The van der Waals surface area contributed by atoms with Gasteiger partial charge in [-0.25, -0.2) is 9.97 Å². The number of hydrogen-bond acceptors (Lipinski definition) is 4. The molecule has 0 saturated heterocycles. The summed E-state index contributed by atoms with van der Waals surface area (Å²) in [7, 11) is 0. The van der Waals surface area contributed by atoms with E-state index < -0.39 is 0 Å². The molecule has 0 bridgehead atoms. The topological polar surface area (TPSA) is 47.3 Å². The predicted octanol–water partition coefficient (Wildman–Crippen LogP) is 4.20. The van der Waals surface area contributed by atoms with Crippen molar-refractivity contribution in [3.63, 3.8) is 0 Å². The summed E-state index contributed by atoms with van der Waals surface area (Å²) in [5, 5.41) is 1.02. The monoisotopic (exact) mass is 339 g/mol. The van der Waals surface area contributed by atoms with Crippen LogP contribution in [-0.2, 0) is 12.8 Å². The van der Waals surface area contributed by atoms with Gasteiger partial charge in [0.1, 0.15) is 10.7 Å². The van der Waals surface area contributed by atoms with Crippen molar-refractivity contribution in [1.82, 2.24) is 14.4 Å². The first-order chi connectivity index (χ1) is 11.7. The van der Waals surface area contributed by atoms with E-state index in [1.165, 1.54) is 11.3 Å². The van der Waals surface area contributed by atoms with Crippen LogP contribution in [0.1, 0.15) is 47.6 Å². The minimum Gasteiger partial charge on any atom is -0.287 e. The molecule has 0 saturated carbocycles. The van der Waals surface area contributed by atoms with Crippen LogP contribution in [0.2, 0.25) is 0 Å². The molecule has 0 spiro atoms. The third-order valence-corrected chi connectivity index (χ3v) is 4.81. The smallest absolute Gasteiger partial charge is 0.235 e. The molecule has 24 heavy (non-hydrogen) atoms. The summed E-state index contributed by atoms with van der Waals surface area (Å²) in [6.45, 7) is 4.31. The molecule has 2 aromatic heterocycles. The maximum absolute atomic E-state index is 12.7. The average molecular weight is 339 g/mol. The number of fused-ring (bicyclic) bond motifs is 1. The van der Waals surface area contributed by atoms with E-state index in [1.807, 2.05) is 47.2 Å².